The lowest BCUT2D eigenvalue weighted by atomic mass is 9.92. The summed E-state index contributed by atoms with van der Waals surface area (Å²) in [5.41, 5.74) is 5.75. The molecule has 0 aliphatic rings. The van der Waals surface area contributed by atoms with Gasteiger partial charge in [0.15, 0.2) is 0 Å². The van der Waals surface area contributed by atoms with E-state index >= 15 is 0 Å². The van der Waals surface area contributed by atoms with E-state index in [-0.39, 0.29) is 0 Å². The molecule has 0 aliphatic heterocycles. The van der Waals surface area contributed by atoms with Gasteiger partial charge in [0.1, 0.15) is 0 Å². The molecule has 0 atom stereocenters. The highest BCUT2D eigenvalue weighted by Crippen LogP contribution is 2.27. The summed E-state index contributed by atoms with van der Waals surface area (Å²) < 4.78 is 0. The van der Waals surface area contributed by atoms with E-state index in [4.69, 9.17) is 0 Å². The van der Waals surface area contributed by atoms with Crippen LogP contribution in [0.1, 0.15) is 38.2 Å². The fraction of sp³-hybridized carbons (Fsp3) is 0.263. The highest BCUT2D eigenvalue weighted by molar-refractivity contribution is 5.81. The molecule has 0 amide bonds. The highest BCUT2D eigenvalue weighted by Gasteiger charge is 2.07. The van der Waals surface area contributed by atoms with Crippen molar-refractivity contribution in [2.45, 2.75) is 32.6 Å². The van der Waals surface area contributed by atoms with Gasteiger partial charge in [0.25, 0.3) is 0 Å². The molecule has 3 rings (SSSR count). The molecular weight excluding hydrogens is 256 g/mol. The predicted octanol–water partition coefficient (Wildman–Crippen LogP) is 5.20. The van der Waals surface area contributed by atoms with Crippen molar-refractivity contribution in [2.24, 2.45) is 0 Å². The van der Waals surface area contributed by atoms with Crippen molar-refractivity contribution in [1.82, 2.24) is 9.97 Å². The standard InChI is InChI=1S/C19H20N2/c1-3-14(4-2)15-5-7-16(8-6-15)17-9-10-18-19(13-17)21-12-11-20-18/h5-14H,3-4H2,1-2H3. The minimum Gasteiger partial charge on any atom is -0.253 e. The van der Waals surface area contributed by atoms with Gasteiger partial charge in [-0.25, -0.2) is 0 Å². The van der Waals surface area contributed by atoms with Gasteiger partial charge >= 0.3 is 0 Å². The van der Waals surface area contributed by atoms with Crippen LogP contribution in [0.15, 0.2) is 54.9 Å². The van der Waals surface area contributed by atoms with Gasteiger partial charge < -0.3 is 0 Å². The maximum Gasteiger partial charge on any atom is 0.0892 e. The maximum atomic E-state index is 4.38. The van der Waals surface area contributed by atoms with Crippen molar-refractivity contribution in [2.75, 3.05) is 0 Å². The van der Waals surface area contributed by atoms with Gasteiger partial charge in [0, 0.05) is 12.4 Å². The molecule has 106 valence electrons. The predicted molar refractivity (Wildman–Crippen MR) is 88.3 cm³/mol. The zero-order valence-electron chi connectivity index (χ0n) is 12.6. The van der Waals surface area contributed by atoms with E-state index in [1.807, 2.05) is 6.07 Å². The Bertz CT molecular complexity index is 728. The van der Waals surface area contributed by atoms with Gasteiger partial charge in [-0.1, -0.05) is 44.2 Å². The molecule has 3 aromatic rings. The van der Waals surface area contributed by atoms with Crippen LogP contribution in [0.25, 0.3) is 22.2 Å². The highest BCUT2D eigenvalue weighted by atomic mass is 14.8. The van der Waals surface area contributed by atoms with E-state index in [0.717, 1.165) is 11.0 Å². The SMILES string of the molecule is CCC(CC)c1ccc(-c2ccc3nccnc3c2)cc1. The summed E-state index contributed by atoms with van der Waals surface area (Å²) in [7, 11) is 0. The molecule has 1 aromatic heterocycles. The number of rotatable bonds is 4. The van der Waals surface area contributed by atoms with Gasteiger partial charge in [0.2, 0.25) is 0 Å². The summed E-state index contributed by atoms with van der Waals surface area (Å²) in [4.78, 5) is 8.69. The number of nitrogens with zero attached hydrogens (tertiary/aromatic N) is 2. The first-order valence-corrected chi connectivity index (χ1v) is 7.63. The number of aromatic nitrogens is 2. The third-order valence-electron chi connectivity index (χ3n) is 4.17. The molecule has 2 heteroatoms. The van der Waals surface area contributed by atoms with Crippen LogP contribution >= 0.6 is 0 Å². The fourth-order valence-electron chi connectivity index (χ4n) is 2.85. The summed E-state index contributed by atoms with van der Waals surface area (Å²) in [6.07, 6.45) is 5.86. The molecule has 2 aromatic carbocycles. The van der Waals surface area contributed by atoms with E-state index < -0.39 is 0 Å². The first kappa shape index (κ1) is 13.7. The largest absolute Gasteiger partial charge is 0.253 e. The van der Waals surface area contributed by atoms with E-state index in [0.29, 0.717) is 5.92 Å². The molecule has 1 heterocycles. The fourth-order valence-corrected chi connectivity index (χ4v) is 2.85. The Hall–Kier alpha value is -2.22. The second kappa shape index (κ2) is 6.04. The second-order valence-electron chi connectivity index (χ2n) is 5.40. The summed E-state index contributed by atoms with van der Waals surface area (Å²) in [6, 6.07) is 15.2. The first-order chi connectivity index (χ1) is 10.3. The van der Waals surface area contributed by atoms with Crippen LogP contribution < -0.4 is 0 Å². The Morgan fingerprint density at radius 3 is 2.05 bits per heavy atom. The number of fused-ring (bicyclic) bond motifs is 1. The van der Waals surface area contributed by atoms with Crippen molar-refractivity contribution in [3.8, 4) is 11.1 Å². The molecule has 0 bridgehead atoms. The molecule has 21 heavy (non-hydrogen) atoms. The Morgan fingerprint density at radius 2 is 1.38 bits per heavy atom. The lowest BCUT2D eigenvalue weighted by molar-refractivity contribution is 0.642. The topological polar surface area (TPSA) is 25.8 Å². The molecular formula is C19H20N2. The molecule has 0 fully saturated rings. The minimum atomic E-state index is 0.668. The molecule has 0 unspecified atom stereocenters. The Morgan fingerprint density at radius 1 is 0.762 bits per heavy atom. The van der Waals surface area contributed by atoms with Gasteiger partial charge in [0.05, 0.1) is 11.0 Å². The summed E-state index contributed by atoms with van der Waals surface area (Å²) in [6.45, 7) is 4.51. The Kier molecular flexibility index (Phi) is 3.96. The first-order valence-electron chi connectivity index (χ1n) is 7.63. The zero-order valence-corrected chi connectivity index (χ0v) is 12.6. The van der Waals surface area contributed by atoms with Gasteiger partial charge in [-0.15, -0.1) is 0 Å². The number of hydrogen-bond acceptors (Lipinski definition) is 2. The van der Waals surface area contributed by atoms with Crippen LogP contribution in [0, 0.1) is 0 Å². The average Bonchev–Trinajstić information content (AvgIpc) is 2.56. The summed E-state index contributed by atoms with van der Waals surface area (Å²) >= 11 is 0. The summed E-state index contributed by atoms with van der Waals surface area (Å²) in [5.74, 6) is 0.668. The molecule has 0 aliphatic carbocycles. The third-order valence-corrected chi connectivity index (χ3v) is 4.17. The quantitative estimate of drug-likeness (QED) is 0.654. The van der Waals surface area contributed by atoms with E-state index in [2.05, 4.69) is 60.2 Å². The molecule has 0 spiro atoms. The lowest BCUT2D eigenvalue weighted by Gasteiger charge is -2.13. The molecule has 0 radical (unpaired) electrons. The number of benzene rings is 2. The second-order valence-corrected chi connectivity index (χ2v) is 5.40. The van der Waals surface area contributed by atoms with E-state index in [1.54, 1.807) is 12.4 Å². The van der Waals surface area contributed by atoms with Crippen LogP contribution in [0.2, 0.25) is 0 Å². The van der Waals surface area contributed by atoms with Gasteiger partial charge in [-0.2, -0.15) is 0 Å². The monoisotopic (exact) mass is 276 g/mol. The zero-order chi connectivity index (χ0) is 14.7. The van der Waals surface area contributed by atoms with Crippen LogP contribution in [-0.2, 0) is 0 Å². The molecule has 0 saturated carbocycles. The Labute approximate surface area is 125 Å². The van der Waals surface area contributed by atoms with Crippen LogP contribution in [0.5, 0.6) is 0 Å². The van der Waals surface area contributed by atoms with Gasteiger partial charge in [-0.3, -0.25) is 9.97 Å². The van der Waals surface area contributed by atoms with Crippen molar-refractivity contribution in [1.29, 1.82) is 0 Å². The van der Waals surface area contributed by atoms with E-state index in [9.17, 15) is 0 Å². The van der Waals surface area contributed by atoms with Crippen LogP contribution in [-0.4, -0.2) is 9.97 Å². The third kappa shape index (κ3) is 2.80. The van der Waals surface area contributed by atoms with Crippen molar-refractivity contribution in [3.63, 3.8) is 0 Å². The van der Waals surface area contributed by atoms with Gasteiger partial charge in [-0.05, 0) is 47.6 Å². The van der Waals surface area contributed by atoms with Crippen molar-refractivity contribution < 1.29 is 0 Å². The van der Waals surface area contributed by atoms with Crippen LogP contribution in [0.3, 0.4) is 0 Å². The smallest absolute Gasteiger partial charge is 0.0892 e. The minimum absolute atomic E-state index is 0.668. The Balaban J connectivity index is 1.95. The van der Waals surface area contributed by atoms with Crippen molar-refractivity contribution in [3.05, 3.63) is 60.4 Å². The maximum absolute atomic E-state index is 4.38. The number of hydrogen-bond donors (Lipinski definition) is 0. The average molecular weight is 276 g/mol. The lowest BCUT2D eigenvalue weighted by Crippen LogP contribution is -1.94. The molecule has 0 saturated heterocycles. The van der Waals surface area contributed by atoms with Crippen molar-refractivity contribution >= 4 is 11.0 Å². The van der Waals surface area contributed by atoms with E-state index in [1.165, 1.54) is 29.5 Å². The molecule has 2 nitrogen and oxygen atoms in total. The summed E-state index contributed by atoms with van der Waals surface area (Å²) in [5, 5.41) is 0. The molecule has 0 N–H and O–H groups in total. The normalized spacial score (nSPS) is 11.2. The van der Waals surface area contributed by atoms with Crippen LogP contribution in [0.4, 0.5) is 0 Å².